The lowest BCUT2D eigenvalue weighted by Crippen LogP contribution is -2.34. The summed E-state index contributed by atoms with van der Waals surface area (Å²) in [6.45, 7) is 5.40. The molecular weight excluding hydrogens is 282 g/mol. The Morgan fingerprint density at radius 3 is 2.77 bits per heavy atom. The van der Waals surface area contributed by atoms with E-state index >= 15 is 0 Å². The maximum Gasteiger partial charge on any atom is 0.227 e. The standard InChI is InChI=1S/C16H23N3O3/c1-12-15(13(2)18(3)17-12)10-16(20)19(7-9-21-4)11-14-6-5-8-22-14/h5-6,8H,7,9-11H2,1-4H3. The van der Waals surface area contributed by atoms with E-state index < -0.39 is 0 Å². The molecule has 0 bridgehead atoms. The molecule has 0 aromatic carbocycles. The summed E-state index contributed by atoms with van der Waals surface area (Å²) >= 11 is 0. The first kappa shape index (κ1) is 16.3. The van der Waals surface area contributed by atoms with Crippen molar-refractivity contribution in [3.63, 3.8) is 0 Å². The number of aromatic nitrogens is 2. The van der Waals surface area contributed by atoms with E-state index in [4.69, 9.17) is 9.15 Å². The van der Waals surface area contributed by atoms with Gasteiger partial charge in [0, 0.05) is 32.0 Å². The Bertz CT molecular complexity index is 617. The van der Waals surface area contributed by atoms with Crippen molar-refractivity contribution in [2.45, 2.75) is 26.8 Å². The average Bonchev–Trinajstić information content (AvgIpc) is 3.07. The number of carbonyl (C=O) groups excluding carboxylic acids is 1. The molecule has 1 amide bonds. The van der Waals surface area contributed by atoms with Crippen molar-refractivity contribution >= 4 is 5.91 Å². The fraction of sp³-hybridized carbons (Fsp3) is 0.500. The van der Waals surface area contributed by atoms with Crippen LogP contribution in [0.2, 0.25) is 0 Å². The number of methoxy groups -OCH3 is 1. The second-order valence-electron chi connectivity index (χ2n) is 5.34. The molecule has 6 nitrogen and oxygen atoms in total. The van der Waals surface area contributed by atoms with E-state index in [1.165, 1.54) is 0 Å². The minimum Gasteiger partial charge on any atom is -0.467 e. The van der Waals surface area contributed by atoms with Crippen molar-refractivity contribution in [3.05, 3.63) is 41.1 Å². The smallest absolute Gasteiger partial charge is 0.227 e. The number of rotatable bonds is 7. The van der Waals surface area contributed by atoms with Gasteiger partial charge in [-0.1, -0.05) is 0 Å². The van der Waals surface area contributed by atoms with E-state index in [9.17, 15) is 4.79 Å². The van der Waals surface area contributed by atoms with E-state index in [0.717, 1.165) is 22.7 Å². The molecule has 0 radical (unpaired) electrons. The van der Waals surface area contributed by atoms with Gasteiger partial charge in [-0.05, 0) is 26.0 Å². The molecule has 22 heavy (non-hydrogen) atoms. The fourth-order valence-corrected chi connectivity index (χ4v) is 2.42. The van der Waals surface area contributed by atoms with Crippen LogP contribution in [0.3, 0.4) is 0 Å². The highest BCUT2D eigenvalue weighted by molar-refractivity contribution is 5.79. The van der Waals surface area contributed by atoms with Crippen molar-refractivity contribution in [1.29, 1.82) is 0 Å². The van der Waals surface area contributed by atoms with Crippen molar-refractivity contribution in [1.82, 2.24) is 14.7 Å². The lowest BCUT2D eigenvalue weighted by Gasteiger charge is -2.21. The molecular formula is C16H23N3O3. The summed E-state index contributed by atoms with van der Waals surface area (Å²) < 4.78 is 12.3. The quantitative estimate of drug-likeness (QED) is 0.783. The van der Waals surface area contributed by atoms with E-state index in [1.807, 2.05) is 37.7 Å². The average molecular weight is 305 g/mol. The van der Waals surface area contributed by atoms with Gasteiger partial charge in [-0.15, -0.1) is 0 Å². The third kappa shape index (κ3) is 3.76. The molecule has 0 N–H and O–H groups in total. The molecule has 0 saturated heterocycles. The first-order valence-corrected chi connectivity index (χ1v) is 7.31. The monoisotopic (exact) mass is 305 g/mol. The molecule has 2 aromatic rings. The molecule has 2 heterocycles. The van der Waals surface area contributed by atoms with Crippen molar-refractivity contribution in [3.8, 4) is 0 Å². The summed E-state index contributed by atoms with van der Waals surface area (Å²) in [6.07, 6.45) is 1.96. The number of carbonyl (C=O) groups is 1. The van der Waals surface area contributed by atoms with E-state index in [-0.39, 0.29) is 5.91 Å². The zero-order chi connectivity index (χ0) is 16.1. The van der Waals surface area contributed by atoms with Gasteiger partial charge in [0.25, 0.3) is 0 Å². The highest BCUT2D eigenvalue weighted by Gasteiger charge is 2.19. The fourth-order valence-electron chi connectivity index (χ4n) is 2.42. The number of nitrogens with zero attached hydrogens (tertiary/aromatic N) is 3. The summed E-state index contributed by atoms with van der Waals surface area (Å²) in [6, 6.07) is 3.69. The maximum atomic E-state index is 12.7. The lowest BCUT2D eigenvalue weighted by atomic mass is 10.1. The summed E-state index contributed by atoms with van der Waals surface area (Å²) in [4.78, 5) is 14.4. The normalized spacial score (nSPS) is 10.9. The third-order valence-corrected chi connectivity index (χ3v) is 3.83. The SMILES string of the molecule is COCCN(Cc1ccco1)C(=O)Cc1c(C)nn(C)c1C. The summed E-state index contributed by atoms with van der Waals surface area (Å²) in [5, 5.41) is 4.36. The first-order valence-electron chi connectivity index (χ1n) is 7.31. The molecule has 0 spiro atoms. The Labute approximate surface area is 130 Å². The molecule has 0 fully saturated rings. The Balaban J connectivity index is 2.10. The number of hydrogen-bond acceptors (Lipinski definition) is 4. The molecule has 0 unspecified atom stereocenters. The molecule has 0 aliphatic rings. The van der Waals surface area contributed by atoms with Gasteiger partial charge in [0.1, 0.15) is 5.76 Å². The van der Waals surface area contributed by atoms with Gasteiger partial charge in [-0.3, -0.25) is 9.48 Å². The molecule has 0 atom stereocenters. The highest BCUT2D eigenvalue weighted by Crippen LogP contribution is 2.15. The van der Waals surface area contributed by atoms with E-state index in [1.54, 1.807) is 18.3 Å². The van der Waals surface area contributed by atoms with Crippen LogP contribution in [0, 0.1) is 13.8 Å². The third-order valence-electron chi connectivity index (χ3n) is 3.83. The summed E-state index contributed by atoms with van der Waals surface area (Å²) in [5.74, 6) is 0.816. The van der Waals surface area contributed by atoms with Gasteiger partial charge in [-0.2, -0.15) is 5.10 Å². The molecule has 2 rings (SSSR count). The topological polar surface area (TPSA) is 60.5 Å². The van der Waals surface area contributed by atoms with Gasteiger partial charge >= 0.3 is 0 Å². The van der Waals surface area contributed by atoms with Gasteiger partial charge in [-0.25, -0.2) is 0 Å². The largest absolute Gasteiger partial charge is 0.467 e. The summed E-state index contributed by atoms with van der Waals surface area (Å²) in [5.41, 5.74) is 2.92. The van der Waals surface area contributed by atoms with Crippen molar-refractivity contribution in [2.24, 2.45) is 7.05 Å². The molecule has 120 valence electrons. The van der Waals surface area contributed by atoms with Crippen LogP contribution in [0.1, 0.15) is 22.7 Å². The Morgan fingerprint density at radius 1 is 1.45 bits per heavy atom. The number of ether oxygens (including phenoxy) is 1. The number of furan rings is 1. The zero-order valence-electron chi connectivity index (χ0n) is 13.6. The molecule has 2 aromatic heterocycles. The van der Waals surface area contributed by atoms with Crippen LogP contribution in [0.5, 0.6) is 0 Å². The second kappa shape index (κ2) is 7.26. The van der Waals surface area contributed by atoms with Crippen molar-refractivity contribution in [2.75, 3.05) is 20.3 Å². The predicted molar refractivity (Wildman–Crippen MR) is 82.4 cm³/mol. The number of hydrogen-bond donors (Lipinski definition) is 0. The van der Waals surface area contributed by atoms with Crippen molar-refractivity contribution < 1.29 is 13.9 Å². The van der Waals surface area contributed by atoms with Crippen LogP contribution in [-0.4, -0.2) is 40.8 Å². The first-order chi connectivity index (χ1) is 10.5. The van der Waals surface area contributed by atoms with E-state index in [2.05, 4.69) is 5.10 Å². The maximum absolute atomic E-state index is 12.7. The number of amides is 1. The lowest BCUT2D eigenvalue weighted by molar-refractivity contribution is -0.132. The highest BCUT2D eigenvalue weighted by atomic mass is 16.5. The minimum atomic E-state index is 0.0488. The Hall–Kier alpha value is -2.08. The van der Waals surface area contributed by atoms with Gasteiger partial charge in [0.05, 0.1) is 31.5 Å². The van der Waals surface area contributed by atoms with Gasteiger partial charge in [0.15, 0.2) is 0 Å². The molecule has 0 saturated carbocycles. The van der Waals surface area contributed by atoms with Crippen LogP contribution in [0.4, 0.5) is 0 Å². The van der Waals surface area contributed by atoms with Crippen LogP contribution < -0.4 is 0 Å². The van der Waals surface area contributed by atoms with Gasteiger partial charge in [0.2, 0.25) is 5.91 Å². The van der Waals surface area contributed by atoms with E-state index in [0.29, 0.717) is 26.1 Å². The van der Waals surface area contributed by atoms with Crippen LogP contribution >= 0.6 is 0 Å². The van der Waals surface area contributed by atoms with Gasteiger partial charge < -0.3 is 14.1 Å². The van der Waals surface area contributed by atoms with Crippen LogP contribution in [0.25, 0.3) is 0 Å². The van der Waals surface area contributed by atoms with Crippen LogP contribution in [0.15, 0.2) is 22.8 Å². The predicted octanol–water partition coefficient (Wildman–Crippen LogP) is 1.85. The molecule has 0 aliphatic carbocycles. The Kier molecular flexibility index (Phi) is 5.38. The minimum absolute atomic E-state index is 0.0488. The number of aryl methyl sites for hydroxylation is 2. The molecule has 6 heteroatoms. The second-order valence-corrected chi connectivity index (χ2v) is 5.34. The molecule has 0 aliphatic heterocycles. The Morgan fingerprint density at radius 2 is 2.23 bits per heavy atom. The summed E-state index contributed by atoms with van der Waals surface area (Å²) in [7, 11) is 3.52. The van der Waals surface area contributed by atoms with Crippen LogP contribution in [-0.2, 0) is 29.5 Å². The zero-order valence-corrected chi connectivity index (χ0v) is 13.6.